The minimum Gasteiger partial charge on any atom is -0.452 e. The maximum atomic E-state index is 15.1. The van der Waals surface area contributed by atoms with Crippen molar-refractivity contribution >= 4 is 35.0 Å². The highest BCUT2D eigenvalue weighted by molar-refractivity contribution is 6.16. The zero-order chi connectivity index (χ0) is 27.4. The number of nitrogens with zero attached hydrogens (tertiary/aromatic N) is 2. The number of halogens is 2. The summed E-state index contributed by atoms with van der Waals surface area (Å²) in [5.41, 5.74) is 6.06. The quantitative estimate of drug-likeness (QED) is 0.369. The summed E-state index contributed by atoms with van der Waals surface area (Å²) in [4.78, 5) is 32.2. The van der Waals surface area contributed by atoms with Gasteiger partial charge < -0.3 is 30.7 Å². The maximum absolute atomic E-state index is 15.1. The molecule has 1 saturated heterocycles. The first kappa shape index (κ1) is 26.1. The third kappa shape index (κ3) is 5.83. The first-order valence-corrected chi connectivity index (χ1v) is 12.4. The Bertz CT molecular complexity index is 1400. The van der Waals surface area contributed by atoms with E-state index in [9.17, 15) is 14.0 Å². The number of pyridine rings is 1. The van der Waals surface area contributed by atoms with Gasteiger partial charge in [0.2, 0.25) is 11.8 Å². The van der Waals surface area contributed by atoms with Crippen LogP contribution in [0.5, 0.6) is 11.5 Å². The molecule has 3 aromatic rings. The summed E-state index contributed by atoms with van der Waals surface area (Å²) in [6.45, 7) is 2.58. The van der Waals surface area contributed by atoms with Crippen LogP contribution in [0.25, 0.3) is 6.08 Å². The number of benzene rings is 2. The number of amides is 2. The van der Waals surface area contributed by atoms with Crippen molar-refractivity contribution in [2.24, 2.45) is 11.1 Å². The van der Waals surface area contributed by atoms with Crippen molar-refractivity contribution in [3.8, 4) is 11.5 Å². The van der Waals surface area contributed by atoms with Gasteiger partial charge in [0.1, 0.15) is 16.9 Å². The fourth-order valence-corrected chi connectivity index (χ4v) is 4.23. The van der Waals surface area contributed by atoms with Gasteiger partial charge in [0.25, 0.3) is 0 Å². The van der Waals surface area contributed by atoms with E-state index in [0.29, 0.717) is 56.3 Å². The SMILES string of the molecule is NC=Cc1ncc(N2CCOCC2)cc1Oc1ccc(NC(=O)C2(C(=O)Nc3ccc(F)cc3)CC2)cc1F. The summed E-state index contributed by atoms with van der Waals surface area (Å²) in [6, 6.07) is 11.0. The molecule has 39 heavy (non-hydrogen) atoms. The molecule has 1 aliphatic heterocycles. The number of aromatic nitrogens is 1. The van der Waals surface area contributed by atoms with Gasteiger partial charge in [0.15, 0.2) is 17.3 Å². The van der Waals surface area contributed by atoms with Gasteiger partial charge >= 0.3 is 0 Å². The van der Waals surface area contributed by atoms with Gasteiger partial charge in [-0.1, -0.05) is 0 Å². The van der Waals surface area contributed by atoms with Crippen molar-refractivity contribution in [1.82, 2.24) is 4.98 Å². The van der Waals surface area contributed by atoms with Crippen molar-refractivity contribution in [3.63, 3.8) is 0 Å². The zero-order valence-corrected chi connectivity index (χ0v) is 21.0. The summed E-state index contributed by atoms with van der Waals surface area (Å²) >= 11 is 0. The molecule has 5 rings (SSSR count). The van der Waals surface area contributed by atoms with Crippen molar-refractivity contribution in [2.45, 2.75) is 12.8 Å². The second-order valence-corrected chi connectivity index (χ2v) is 9.28. The van der Waals surface area contributed by atoms with Gasteiger partial charge in [0.05, 0.1) is 25.1 Å². The second kappa shape index (κ2) is 11.1. The maximum Gasteiger partial charge on any atom is 0.240 e. The minimum atomic E-state index is -1.27. The molecule has 1 aliphatic carbocycles. The Balaban J connectivity index is 1.28. The standard InChI is InChI=1S/C28H27F2N5O4/c29-18-1-3-19(4-2-18)33-26(36)28(8-9-28)27(37)34-20-5-6-24(22(30)15-20)39-25-16-21(17-32-23(25)7-10-31)35-11-13-38-14-12-35/h1-7,10,15-17H,8-9,11-14,31H2,(H,33,36)(H,34,37). The zero-order valence-electron chi connectivity index (χ0n) is 21.0. The van der Waals surface area contributed by atoms with E-state index in [-0.39, 0.29) is 11.4 Å². The summed E-state index contributed by atoms with van der Waals surface area (Å²) in [6.07, 6.45) is 5.26. The Morgan fingerprint density at radius 3 is 2.28 bits per heavy atom. The highest BCUT2D eigenvalue weighted by Gasteiger charge is 2.56. The normalized spacial score (nSPS) is 16.1. The van der Waals surface area contributed by atoms with Crippen LogP contribution in [0.3, 0.4) is 0 Å². The van der Waals surface area contributed by atoms with E-state index >= 15 is 4.39 Å². The molecule has 11 heteroatoms. The summed E-state index contributed by atoms with van der Waals surface area (Å²) in [7, 11) is 0. The predicted octanol–water partition coefficient (Wildman–Crippen LogP) is 4.28. The Morgan fingerprint density at radius 2 is 1.64 bits per heavy atom. The molecule has 4 N–H and O–H groups in total. The van der Waals surface area contributed by atoms with Crippen LogP contribution in [-0.4, -0.2) is 43.1 Å². The third-order valence-electron chi connectivity index (χ3n) is 6.63. The van der Waals surface area contributed by atoms with Crippen LogP contribution in [0.2, 0.25) is 0 Å². The number of nitrogens with two attached hydrogens (primary N) is 1. The predicted molar refractivity (Wildman–Crippen MR) is 142 cm³/mol. The average molecular weight is 536 g/mol. The number of carbonyl (C=O) groups is 2. The van der Waals surface area contributed by atoms with Crippen molar-refractivity contribution in [1.29, 1.82) is 0 Å². The molecule has 1 aromatic heterocycles. The minimum absolute atomic E-state index is 0.0733. The largest absolute Gasteiger partial charge is 0.452 e. The van der Waals surface area contributed by atoms with Crippen LogP contribution in [0.4, 0.5) is 25.8 Å². The second-order valence-electron chi connectivity index (χ2n) is 9.28. The number of anilines is 3. The number of hydrogen-bond donors (Lipinski definition) is 3. The highest BCUT2D eigenvalue weighted by Crippen LogP contribution is 2.47. The van der Waals surface area contributed by atoms with E-state index < -0.39 is 28.9 Å². The van der Waals surface area contributed by atoms with Gasteiger partial charge in [0, 0.05) is 36.6 Å². The van der Waals surface area contributed by atoms with E-state index in [2.05, 4.69) is 20.5 Å². The molecule has 2 heterocycles. The van der Waals surface area contributed by atoms with E-state index in [1.54, 1.807) is 18.3 Å². The Morgan fingerprint density at radius 1 is 0.974 bits per heavy atom. The molecular formula is C28H27F2N5O4. The van der Waals surface area contributed by atoms with E-state index in [0.717, 1.165) is 11.8 Å². The van der Waals surface area contributed by atoms with Crippen molar-refractivity contribution in [2.75, 3.05) is 41.8 Å². The van der Waals surface area contributed by atoms with Gasteiger partial charge in [-0.3, -0.25) is 14.6 Å². The van der Waals surface area contributed by atoms with E-state index in [1.165, 1.54) is 42.6 Å². The molecule has 2 aromatic carbocycles. The van der Waals surface area contributed by atoms with Crippen LogP contribution in [0.1, 0.15) is 18.5 Å². The number of morpholine rings is 1. The number of rotatable bonds is 8. The molecule has 2 fully saturated rings. The number of hydrogen-bond acceptors (Lipinski definition) is 7. The highest BCUT2D eigenvalue weighted by atomic mass is 19.1. The molecule has 0 bridgehead atoms. The fraction of sp³-hybridized carbons (Fsp3) is 0.250. The molecule has 0 unspecified atom stereocenters. The number of carbonyl (C=O) groups excluding carboxylic acids is 2. The van der Waals surface area contributed by atoms with Crippen molar-refractivity contribution in [3.05, 3.63) is 78.3 Å². The van der Waals surface area contributed by atoms with Gasteiger partial charge in [-0.15, -0.1) is 0 Å². The van der Waals surface area contributed by atoms with Crippen LogP contribution in [0, 0.1) is 17.0 Å². The van der Waals surface area contributed by atoms with Crippen LogP contribution in [-0.2, 0) is 14.3 Å². The fourth-order valence-electron chi connectivity index (χ4n) is 4.23. The first-order valence-electron chi connectivity index (χ1n) is 12.4. The molecular weight excluding hydrogens is 508 g/mol. The van der Waals surface area contributed by atoms with Gasteiger partial charge in [-0.05, 0) is 61.5 Å². The molecule has 0 radical (unpaired) electrons. The molecule has 9 nitrogen and oxygen atoms in total. The average Bonchev–Trinajstić information content (AvgIpc) is 3.76. The Labute approximate surface area is 223 Å². The summed E-state index contributed by atoms with van der Waals surface area (Å²) in [5.74, 6) is -1.96. The van der Waals surface area contributed by atoms with Crippen LogP contribution >= 0.6 is 0 Å². The molecule has 2 amide bonds. The van der Waals surface area contributed by atoms with Gasteiger partial charge in [-0.2, -0.15) is 0 Å². The molecule has 1 saturated carbocycles. The molecule has 0 spiro atoms. The number of nitrogens with one attached hydrogen (secondary N) is 2. The number of ether oxygens (including phenoxy) is 2. The Kier molecular flexibility index (Phi) is 7.42. The Hall–Kier alpha value is -4.51. The summed E-state index contributed by atoms with van der Waals surface area (Å²) in [5, 5.41) is 5.26. The van der Waals surface area contributed by atoms with Crippen LogP contribution < -0.4 is 26.0 Å². The van der Waals surface area contributed by atoms with Gasteiger partial charge in [-0.25, -0.2) is 8.78 Å². The van der Waals surface area contributed by atoms with Crippen LogP contribution in [0.15, 0.2) is 60.9 Å². The smallest absolute Gasteiger partial charge is 0.240 e. The van der Waals surface area contributed by atoms with E-state index in [1.807, 2.05) is 0 Å². The lowest BCUT2D eigenvalue weighted by molar-refractivity contribution is -0.131. The first-order chi connectivity index (χ1) is 18.9. The lowest BCUT2D eigenvalue weighted by Crippen LogP contribution is -2.36. The van der Waals surface area contributed by atoms with Crippen molar-refractivity contribution < 1.29 is 27.8 Å². The monoisotopic (exact) mass is 535 g/mol. The lowest BCUT2D eigenvalue weighted by Gasteiger charge is -2.29. The molecule has 0 atom stereocenters. The topological polar surface area (TPSA) is 119 Å². The molecule has 202 valence electrons. The van der Waals surface area contributed by atoms with E-state index in [4.69, 9.17) is 15.2 Å². The third-order valence-corrected chi connectivity index (χ3v) is 6.63. The lowest BCUT2D eigenvalue weighted by atomic mass is 10.0. The summed E-state index contributed by atoms with van der Waals surface area (Å²) < 4.78 is 39.5. The molecule has 2 aliphatic rings.